The number of nitrogens with one attached hydrogen (secondary N) is 1. The Morgan fingerprint density at radius 2 is 2.28 bits per heavy atom. The number of nitrogens with zero attached hydrogens (tertiary/aromatic N) is 1. The zero-order chi connectivity index (χ0) is 13.4. The van der Waals surface area contributed by atoms with Crippen LogP contribution < -0.4 is 11.2 Å². The van der Waals surface area contributed by atoms with E-state index >= 15 is 0 Å². The van der Waals surface area contributed by atoms with Crippen molar-refractivity contribution in [1.82, 2.24) is 9.55 Å². The van der Waals surface area contributed by atoms with Crippen LogP contribution in [-0.4, -0.2) is 44.8 Å². The second-order valence-corrected chi connectivity index (χ2v) is 4.20. The van der Waals surface area contributed by atoms with Crippen LogP contribution in [0.25, 0.3) is 0 Å². The van der Waals surface area contributed by atoms with Crippen LogP contribution in [0.2, 0.25) is 0 Å². The summed E-state index contributed by atoms with van der Waals surface area (Å²) in [6.07, 6.45) is -4.80. The second kappa shape index (κ2) is 4.63. The summed E-state index contributed by atoms with van der Waals surface area (Å²) in [6, 6.07) is 0. The van der Waals surface area contributed by atoms with E-state index in [1.807, 2.05) is 4.98 Å². The molecular formula is C10H13FN2O5. The fourth-order valence-electron chi connectivity index (χ4n) is 1.81. The number of aromatic amines is 1. The van der Waals surface area contributed by atoms with Gasteiger partial charge in [0.25, 0.3) is 5.56 Å². The summed E-state index contributed by atoms with van der Waals surface area (Å²) in [4.78, 5) is 24.7. The number of alkyl halides is 1. The zero-order valence-corrected chi connectivity index (χ0v) is 9.54. The Balaban J connectivity index is 2.35. The van der Waals surface area contributed by atoms with E-state index in [2.05, 4.69) is 0 Å². The number of H-pyrrole nitrogens is 1. The van der Waals surface area contributed by atoms with Crippen molar-refractivity contribution < 1.29 is 19.3 Å². The van der Waals surface area contributed by atoms with Gasteiger partial charge >= 0.3 is 5.69 Å². The van der Waals surface area contributed by atoms with E-state index in [0.29, 0.717) is 0 Å². The van der Waals surface area contributed by atoms with Gasteiger partial charge in [-0.2, -0.15) is 0 Å². The maximum Gasteiger partial charge on any atom is 0.330 e. The summed E-state index contributed by atoms with van der Waals surface area (Å²) in [5.41, 5.74) is -1.21. The number of ether oxygens (including phenoxy) is 1. The van der Waals surface area contributed by atoms with Gasteiger partial charge < -0.3 is 14.9 Å². The lowest BCUT2D eigenvalue weighted by molar-refractivity contribution is -0.0833. The summed E-state index contributed by atoms with van der Waals surface area (Å²) < 4.78 is 18.7. The monoisotopic (exact) mass is 260 g/mol. The molecule has 0 spiro atoms. The lowest BCUT2D eigenvalue weighted by Crippen LogP contribution is -2.41. The molecule has 0 aliphatic carbocycles. The lowest BCUT2D eigenvalue weighted by atomic mass is 10.1. The molecule has 7 nitrogen and oxygen atoms in total. The molecule has 3 N–H and O–H groups in total. The van der Waals surface area contributed by atoms with Gasteiger partial charge in [-0.05, 0) is 6.92 Å². The largest absolute Gasteiger partial charge is 0.387 e. The number of halogens is 1. The van der Waals surface area contributed by atoms with Gasteiger partial charge in [0.2, 0.25) is 0 Å². The molecule has 1 aromatic heterocycles. The van der Waals surface area contributed by atoms with Crippen molar-refractivity contribution in [3.05, 3.63) is 32.6 Å². The Labute approximate surface area is 100 Å². The molecule has 2 heterocycles. The number of aliphatic hydroxyl groups is 2. The van der Waals surface area contributed by atoms with Crippen LogP contribution in [0, 0.1) is 6.92 Å². The van der Waals surface area contributed by atoms with Crippen LogP contribution >= 0.6 is 0 Å². The van der Waals surface area contributed by atoms with Gasteiger partial charge in [0.05, 0.1) is 6.61 Å². The SMILES string of the molecule is Cc1cn(C(O)[C@H]2OC[C@H](F)[C@@H]2O)c(=O)[nH]c1=O. The van der Waals surface area contributed by atoms with E-state index in [9.17, 15) is 24.2 Å². The van der Waals surface area contributed by atoms with Gasteiger partial charge in [0.15, 0.2) is 12.4 Å². The molecule has 0 radical (unpaired) electrons. The summed E-state index contributed by atoms with van der Waals surface area (Å²) >= 11 is 0. The Kier molecular flexibility index (Phi) is 3.33. The Morgan fingerprint density at radius 3 is 2.83 bits per heavy atom. The van der Waals surface area contributed by atoms with Gasteiger partial charge in [0.1, 0.15) is 12.2 Å². The number of hydrogen-bond acceptors (Lipinski definition) is 5. The van der Waals surface area contributed by atoms with Gasteiger partial charge in [-0.25, -0.2) is 9.18 Å². The first-order valence-corrected chi connectivity index (χ1v) is 5.35. The highest BCUT2D eigenvalue weighted by atomic mass is 19.1. The van der Waals surface area contributed by atoms with Crippen molar-refractivity contribution in [1.29, 1.82) is 0 Å². The van der Waals surface area contributed by atoms with E-state index in [4.69, 9.17) is 4.74 Å². The third-order valence-electron chi connectivity index (χ3n) is 2.88. The van der Waals surface area contributed by atoms with Crippen LogP contribution in [0.15, 0.2) is 15.8 Å². The molecule has 2 rings (SSSR count). The first kappa shape index (κ1) is 12.9. The van der Waals surface area contributed by atoms with Crippen LogP contribution in [0.4, 0.5) is 4.39 Å². The number of aromatic nitrogens is 2. The van der Waals surface area contributed by atoms with Crippen molar-refractivity contribution in [3.63, 3.8) is 0 Å². The Bertz CT molecular complexity index is 554. The standard InChI is InChI=1S/C10H13FN2O5/c1-4-2-13(10(17)12-8(4)15)9(16)7-6(14)5(11)3-18-7/h2,5-7,9,14,16H,3H2,1H3,(H,12,15,17)/t5-,6-,7-,9?/m0/s1. The van der Waals surface area contributed by atoms with E-state index in [0.717, 1.165) is 10.8 Å². The van der Waals surface area contributed by atoms with Gasteiger partial charge in [-0.15, -0.1) is 0 Å². The molecule has 1 aliphatic rings. The molecule has 0 aromatic carbocycles. The van der Waals surface area contributed by atoms with Crippen LogP contribution in [-0.2, 0) is 4.74 Å². The average molecular weight is 260 g/mol. The number of aryl methyl sites for hydroxylation is 1. The zero-order valence-electron chi connectivity index (χ0n) is 9.54. The quantitative estimate of drug-likeness (QED) is 0.596. The summed E-state index contributed by atoms with van der Waals surface area (Å²) in [5.74, 6) is 0. The minimum absolute atomic E-state index is 0.206. The molecule has 0 saturated carbocycles. The van der Waals surface area contributed by atoms with Crippen LogP contribution in [0.1, 0.15) is 11.8 Å². The number of hydrogen-bond donors (Lipinski definition) is 3. The number of aliphatic hydroxyl groups excluding tert-OH is 2. The molecule has 1 saturated heterocycles. The number of rotatable bonds is 2. The molecular weight excluding hydrogens is 247 g/mol. The van der Waals surface area contributed by atoms with Crippen molar-refractivity contribution >= 4 is 0 Å². The first-order valence-electron chi connectivity index (χ1n) is 5.35. The molecule has 1 unspecified atom stereocenters. The fraction of sp³-hybridized carbons (Fsp3) is 0.600. The van der Waals surface area contributed by atoms with Crippen molar-refractivity contribution in [3.8, 4) is 0 Å². The summed E-state index contributed by atoms with van der Waals surface area (Å²) in [5, 5.41) is 19.4. The van der Waals surface area contributed by atoms with Gasteiger partial charge in [0, 0.05) is 11.8 Å². The molecule has 1 fully saturated rings. The summed E-state index contributed by atoms with van der Waals surface area (Å²) in [6.45, 7) is 1.10. The average Bonchev–Trinajstić information content (AvgIpc) is 2.64. The maximum absolute atomic E-state index is 13.1. The van der Waals surface area contributed by atoms with Gasteiger partial charge in [-0.3, -0.25) is 14.3 Å². The van der Waals surface area contributed by atoms with E-state index in [1.54, 1.807) is 0 Å². The van der Waals surface area contributed by atoms with Crippen molar-refractivity contribution in [2.75, 3.05) is 6.61 Å². The first-order chi connectivity index (χ1) is 8.41. The highest BCUT2D eigenvalue weighted by molar-refractivity contribution is 5.02. The van der Waals surface area contributed by atoms with Crippen LogP contribution in [0.3, 0.4) is 0 Å². The normalized spacial score (nSPS) is 29.4. The lowest BCUT2D eigenvalue weighted by Gasteiger charge is -2.22. The Hall–Kier alpha value is -1.51. The Morgan fingerprint density at radius 1 is 1.61 bits per heavy atom. The van der Waals surface area contributed by atoms with Crippen molar-refractivity contribution in [2.24, 2.45) is 0 Å². The van der Waals surface area contributed by atoms with E-state index in [-0.39, 0.29) is 12.2 Å². The molecule has 100 valence electrons. The minimum atomic E-state index is -1.61. The third kappa shape index (κ3) is 2.09. The molecule has 1 aromatic rings. The smallest absolute Gasteiger partial charge is 0.330 e. The molecule has 4 atom stereocenters. The topological polar surface area (TPSA) is 105 Å². The van der Waals surface area contributed by atoms with Crippen LogP contribution in [0.5, 0.6) is 0 Å². The molecule has 18 heavy (non-hydrogen) atoms. The molecule has 8 heteroatoms. The minimum Gasteiger partial charge on any atom is -0.387 e. The highest BCUT2D eigenvalue weighted by Gasteiger charge is 2.41. The second-order valence-electron chi connectivity index (χ2n) is 4.20. The van der Waals surface area contributed by atoms with Crippen molar-refractivity contribution in [2.45, 2.75) is 31.5 Å². The predicted molar refractivity (Wildman–Crippen MR) is 58.0 cm³/mol. The summed E-state index contributed by atoms with van der Waals surface area (Å²) in [7, 11) is 0. The predicted octanol–water partition coefficient (Wildman–Crippen LogP) is -1.57. The van der Waals surface area contributed by atoms with E-state index in [1.165, 1.54) is 6.92 Å². The fourth-order valence-corrected chi connectivity index (χ4v) is 1.81. The molecule has 0 bridgehead atoms. The van der Waals surface area contributed by atoms with E-state index < -0.39 is 35.9 Å². The molecule has 1 aliphatic heterocycles. The van der Waals surface area contributed by atoms with Gasteiger partial charge in [-0.1, -0.05) is 0 Å². The highest BCUT2D eigenvalue weighted by Crippen LogP contribution is 2.24. The molecule has 0 amide bonds. The third-order valence-corrected chi connectivity index (χ3v) is 2.88. The maximum atomic E-state index is 13.1.